The Morgan fingerprint density at radius 2 is 2.00 bits per heavy atom. The lowest BCUT2D eigenvalue weighted by Crippen LogP contribution is -2.51. The quantitative estimate of drug-likeness (QED) is 0.622. The summed E-state index contributed by atoms with van der Waals surface area (Å²) in [6.07, 6.45) is 1.90. The van der Waals surface area contributed by atoms with Gasteiger partial charge < -0.3 is 15.7 Å². The first kappa shape index (κ1) is 10.8. The van der Waals surface area contributed by atoms with E-state index in [1.807, 2.05) is 0 Å². The number of carbonyl (C=O) groups excluding carboxylic acids is 1. The van der Waals surface area contributed by atoms with Gasteiger partial charge in [0.1, 0.15) is 6.54 Å². The minimum absolute atomic E-state index is 0.193. The molecule has 1 aliphatic rings. The van der Waals surface area contributed by atoms with Crippen LogP contribution in [-0.2, 0) is 4.79 Å². The van der Waals surface area contributed by atoms with E-state index in [2.05, 4.69) is 24.5 Å². The molecule has 1 aliphatic carbocycles. The summed E-state index contributed by atoms with van der Waals surface area (Å²) < 4.78 is 0. The van der Waals surface area contributed by atoms with E-state index in [1.165, 1.54) is 0 Å². The molecule has 3 N–H and O–H groups in total. The SMILES string of the molecule is CC1(C)CC(NC(=O)NCC(=O)O)C1. The van der Waals surface area contributed by atoms with Crippen molar-refractivity contribution in [3.63, 3.8) is 0 Å². The highest BCUT2D eigenvalue weighted by Gasteiger charge is 2.36. The largest absolute Gasteiger partial charge is 0.480 e. The number of amides is 2. The van der Waals surface area contributed by atoms with Gasteiger partial charge in [0.05, 0.1) is 0 Å². The van der Waals surface area contributed by atoms with Crippen molar-refractivity contribution < 1.29 is 14.7 Å². The zero-order valence-corrected chi connectivity index (χ0v) is 8.46. The van der Waals surface area contributed by atoms with E-state index in [0.717, 1.165) is 12.8 Å². The van der Waals surface area contributed by atoms with E-state index in [1.54, 1.807) is 0 Å². The zero-order valence-electron chi connectivity index (χ0n) is 8.46. The topological polar surface area (TPSA) is 78.4 Å². The maximum atomic E-state index is 11.1. The molecule has 0 radical (unpaired) electrons. The fourth-order valence-electron chi connectivity index (χ4n) is 1.77. The summed E-state index contributed by atoms with van der Waals surface area (Å²) in [4.78, 5) is 21.2. The standard InChI is InChI=1S/C9H16N2O3/c1-9(2)3-6(4-9)11-8(14)10-5-7(12)13/h6H,3-5H2,1-2H3,(H,12,13)(H2,10,11,14). The minimum atomic E-state index is -1.03. The molecule has 0 heterocycles. The number of hydrogen-bond donors (Lipinski definition) is 3. The van der Waals surface area contributed by atoms with E-state index in [0.29, 0.717) is 5.41 Å². The van der Waals surface area contributed by atoms with Crippen LogP contribution in [0.5, 0.6) is 0 Å². The molecule has 5 nitrogen and oxygen atoms in total. The Bertz CT molecular complexity index is 242. The van der Waals surface area contributed by atoms with Gasteiger partial charge in [0.15, 0.2) is 0 Å². The molecule has 0 bridgehead atoms. The van der Waals surface area contributed by atoms with Gasteiger partial charge >= 0.3 is 12.0 Å². The van der Waals surface area contributed by atoms with Gasteiger partial charge in [-0.25, -0.2) is 4.79 Å². The molecule has 80 valence electrons. The maximum absolute atomic E-state index is 11.1. The summed E-state index contributed by atoms with van der Waals surface area (Å²) in [5.41, 5.74) is 0.310. The van der Waals surface area contributed by atoms with Crippen LogP contribution in [0.4, 0.5) is 4.79 Å². The van der Waals surface area contributed by atoms with Gasteiger partial charge in [-0.1, -0.05) is 13.8 Å². The molecule has 0 aromatic heterocycles. The van der Waals surface area contributed by atoms with Gasteiger partial charge in [-0.05, 0) is 18.3 Å². The Morgan fingerprint density at radius 1 is 1.43 bits per heavy atom. The Balaban J connectivity index is 2.14. The third kappa shape index (κ3) is 3.24. The molecule has 0 aromatic carbocycles. The monoisotopic (exact) mass is 200 g/mol. The summed E-state index contributed by atoms with van der Waals surface area (Å²) in [6.45, 7) is 3.95. The fourth-order valence-corrected chi connectivity index (χ4v) is 1.77. The van der Waals surface area contributed by atoms with Crippen LogP contribution in [0.2, 0.25) is 0 Å². The van der Waals surface area contributed by atoms with E-state index in [-0.39, 0.29) is 12.6 Å². The van der Waals surface area contributed by atoms with Crippen LogP contribution in [0.15, 0.2) is 0 Å². The maximum Gasteiger partial charge on any atom is 0.323 e. The summed E-state index contributed by atoms with van der Waals surface area (Å²) in [6, 6.07) is -0.202. The molecule has 1 saturated carbocycles. The first-order valence-electron chi connectivity index (χ1n) is 4.65. The zero-order chi connectivity index (χ0) is 10.8. The minimum Gasteiger partial charge on any atom is -0.480 e. The van der Waals surface area contributed by atoms with Crippen LogP contribution in [0.25, 0.3) is 0 Å². The van der Waals surface area contributed by atoms with Gasteiger partial charge in [-0.2, -0.15) is 0 Å². The number of urea groups is 1. The van der Waals surface area contributed by atoms with Crippen molar-refractivity contribution in [1.82, 2.24) is 10.6 Å². The number of nitrogens with one attached hydrogen (secondary N) is 2. The van der Waals surface area contributed by atoms with E-state index >= 15 is 0 Å². The normalized spacial score (nSPS) is 19.6. The second-order valence-corrected chi connectivity index (χ2v) is 4.49. The average Bonchev–Trinajstić information content (AvgIpc) is 1.97. The highest BCUT2D eigenvalue weighted by Crippen LogP contribution is 2.39. The third-order valence-corrected chi connectivity index (χ3v) is 2.33. The Morgan fingerprint density at radius 3 is 2.43 bits per heavy atom. The lowest BCUT2D eigenvalue weighted by molar-refractivity contribution is -0.135. The molecular weight excluding hydrogens is 184 g/mol. The van der Waals surface area contributed by atoms with Gasteiger partial charge in [-0.3, -0.25) is 4.79 Å². The number of aliphatic carboxylic acids is 1. The average molecular weight is 200 g/mol. The third-order valence-electron chi connectivity index (χ3n) is 2.33. The van der Waals surface area contributed by atoms with Crippen molar-refractivity contribution in [2.75, 3.05) is 6.54 Å². The molecule has 5 heteroatoms. The molecule has 0 unspecified atom stereocenters. The smallest absolute Gasteiger partial charge is 0.323 e. The van der Waals surface area contributed by atoms with Crippen molar-refractivity contribution in [3.05, 3.63) is 0 Å². The second-order valence-electron chi connectivity index (χ2n) is 4.49. The van der Waals surface area contributed by atoms with Gasteiger partial charge in [0.2, 0.25) is 0 Å². The highest BCUT2D eigenvalue weighted by atomic mass is 16.4. The van der Waals surface area contributed by atoms with Crippen molar-refractivity contribution in [2.45, 2.75) is 32.7 Å². The predicted octanol–water partition coefficient (Wildman–Crippen LogP) is 0.559. The van der Waals surface area contributed by atoms with Crippen LogP contribution in [-0.4, -0.2) is 29.7 Å². The molecule has 14 heavy (non-hydrogen) atoms. The number of carboxylic acid groups (broad SMARTS) is 1. The van der Waals surface area contributed by atoms with Crippen molar-refractivity contribution in [3.8, 4) is 0 Å². The van der Waals surface area contributed by atoms with Crippen molar-refractivity contribution in [2.24, 2.45) is 5.41 Å². The van der Waals surface area contributed by atoms with E-state index in [4.69, 9.17) is 5.11 Å². The Hall–Kier alpha value is -1.26. The van der Waals surface area contributed by atoms with Crippen LogP contribution >= 0.6 is 0 Å². The molecule has 0 spiro atoms. The number of hydrogen-bond acceptors (Lipinski definition) is 2. The number of carbonyl (C=O) groups is 2. The van der Waals surface area contributed by atoms with Gasteiger partial charge in [0.25, 0.3) is 0 Å². The van der Waals surface area contributed by atoms with E-state index < -0.39 is 12.0 Å². The molecule has 0 saturated heterocycles. The first-order chi connectivity index (χ1) is 6.39. The number of carboxylic acids is 1. The number of rotatable bonds is 3. The Labute approximate surface area is 82.9 Å². The summed E-state index contributed by atoms with van der Waals surface area (Å²) in [7, 11) is 0. The molecule has 0 aromatic rings. The lowest BCUT2D eigenvalue weighted by Gasteiger charge is -2.42. The summed E-state index contributed by atoms with van der Waals surface area (Å²) >= 11 is 0. The van der Waals surface area contributed by atoms with Gasteiger partial charge in [-0.15, -0.1) is 0 Å². The Kier molecular flexibility index (Phi) is 2.98. The lowest BCUT2D eigenvalue weighted by atomic mass is 9.68. The highest BCUT2D eigenvalue weighted by molar-refractivity contribution is 5.80. The molecule has 0 atom stereocenters. The van der Waals surface area contributed by atoms with Crippen LogP contribution < -0.4 is 10.6 Å². The molecule has 1 rings (SSSR count). The second kappa shape index (κ2) is 3.86. The van der Waals surface area contributed by atoms with Crippen LogP contribution in [0.3, 0.4) is 0 Å². The van der Waals surface area contributed by atoms with Crippen molar-refractivity contribution in [1.29, 1.82) is 0 Å². The van der Waals surface area contributed by atoms with Crippen LogP contribution in [0, 0.1) is 5.41 Å². The molecule has 2 amide bonds. The molecule has 1 fully saturated rings. The first-order valence-corrected chi connectivity index (χ1v) is 4.65. The summed E-state index contributed by atoms with van der Waals surface area (Å²) in [5.74, 6) is -1.03. The molecule has 0 aliphatic heterocycles. The fraction of sp³-hybridized carbons (Fsp3) is 0.778. The van der Waals surface area contributed by atoms with E-state index in [9.17, 15) is 9.59 Å². The predicted molar refractivity (Wildman–Crippen MR) is 51.0 cm³/mol. The molecular formula is C9H16N2O3. The summed E-state index contributed by atoms with van der Waals surface area (Å²) in [5, 5.41) is 13.3. The van der Waals surface area contributed by atoms with Crippen molar-refractivity contribution >= 4 is 12.0 Å². The van der Waals surface area contributed by atoms with Crippen LogP contribution in [0.1, 0.15) is 26.7 Å². The van der Waals surface area contributed by atoms with Gasteiger partial charge in [0, 0.05) is 6.04 Å².